The van der Waals surface area contributed by atoms with Crippen LogP contribution < -0.4 is 10.6 Å². The summed E-state index contributed by atoms with van der Waals surface area (Å²) in [6, 6.07) is 8.99. The number of aromatic nitrogens is 1. The van der Waals surface area contributed by atoms with E-state index >= 15 is 0 Å². The predicted octanol–water partition coefficient (Wildman–Crippen LogP) is 3.59. The maximum atomic E-state index is 13.9. The normalized spacial score (nSPS) is 10.5. The van der Waals surface area contributed by atoms with Crippen molar-refractivity contribution in [2.75, 3.05) is 17.2 Å². The third kappa shape index (κ3) is 3.44. The second-order valence-electron chi connectivity index (χ2n) is 4.21. The molecule has 0 radical (unpaired) electrons. The lowest BCUT2D eigenvalue weighted by molar-refractivity contribution is 0.608. The van der Waals surface area contributed by atoms with E-state index in [2.05, 4.69) is 20.9 Å². The monoisotopic (exact) mass is 323 g/mol. The Bertz CT molecular complexity index is 557. The van der Waals surface area contributed by atoms with E-state index in [1.54, 1.807) is 6.20 Å². The molecule has 0 aliphatic heterocycles. The first kappa shape index (κ1) is 13.8. The van der Waals surface area contributed by atoms with Crippen molar-refractivity contribution in [3.8, 4) is 0 Å². The zero-order valence-electron chi connectivity index (χ0n) is 10.6. The Labute approximate surface area is 120 Å². The van der Waals surface area contributed by atoms with Gasteiger partial charge in [0.15, 0.2) is 11.6 Å². The van der Waals surface area contributed by atoms with Crippen LogP contribution in [0.3, 0.4) is 0 Å². The quantitative estimate of drug-likeness (QED) is 0.874. The molecule has 2 aromatic rings. The molecule has 0 saturated heterocycles. The van der Waals surface area contributed by atoms with E-state index in [4.69, 9.17) is 5.73 Å². The van der Waals surface area contributed by atoms with Crippen molar-refractivity contribution in [1.82, 2.24) is 4.98 Å². The third-order valence-corrected chi connectivity index (χ3v) is 3.26. The number of nitrogens with zero attached hydrogens (tertiary/aromatic N) is 2. The van der Waals surface area contributed by atoms with Gasteiger partial charge in [-0.15, -0.1) is 0 Å². The molecule has 0 spiro atoms. The summed E-state index contributed by atoms with van der Waals surface area (Å²) < 4.78 is 14.5. The van der Waals surface area contributed by atoms with E-state index < -0.39 is 0 Å². The number of benzene rings is 1. The summed E-state index contributed by atoms with van der Waals surface area (Å²) in [6.45, 7) is 3.25. The maximum Gasteiger partial charge on any atom is 0.166 e. The predicted molar refractivity (Wildman–Crippen MR) is 79.5 cm³/mol. The fourth-order valence-corrected chi connectivity index (χ4v) is 2.12. The minimum Gasteiger partial charge on any atom is -0.399 e. The molecular formula is C14H15BrFN3. The lowest BCUT2D eigenvalue weighted by atomic mass is 10.2. The summed E-state index contributed by atoms with van der Waals surface area (Å²) in [7, 11) is 0. The Morgan fingerprint density at radius 3 is 2.58 bits per heavy atom. The Morgan fingerprint density at radius 2 is 2.00 bits per heavy atom. The molecule has 0 unspecified atom stereocenters. The molecular weight excluding hydrogens is 309 g/mol. The molecule has 19 heavy (non-hydrogen) atoms. The molecule has 0 atom stereocenters. The molecule has 0 bridgehead atoms. The van der Waals surface area contributed by atoms with Gasteiger partial charge in [-0.05, 0) is 46.6 Å². The van der Waals surface area contributed by atoms with Crippen LogP contribution in [0.15, 0.2) is 41.0 Å². The summed E-state index contributed by atoms with van der Waals surface area (Å²) in [6.07, 6.45) is 1.60. The highest BCUT2D eigenvalue weighted by Gasteiger charge is 2.12. The van der Waals surface area contributed by atoms with Crippen LogP contribution in [0.2, 0.25) is 0 Å². The highest BCUT2D eigenvalue weighted by molar-refractivity contribution is 9.10. The van der Waals surface area contributed by atoms with E-state index in [9.17, 15) is 4.39 Å². The molecule has 3 nitrogen and oxygen atoms in total. The summed E-state index contributed by atoms with van der Waals surface area (Å²) in [5.41, 5.74) is 7.44. The SMILES string of the molecule is CCN(Cc1ccc(N)cc1)c1ncc(Br)cc1F. The molecule has 100 valence electrons. The van der Waals surface area contributed by atoms with E-state index in [-0.39, 0.29) is 5.82 Å². The van der Waals surface area contributed by atoms with E-state index in [0.717, 1.165) is 11.3 Å². The van der Waals surface area contributed by atoms with Gasteiger partial charge in [0, 0.05) is 29.4 Å². The fraction of sp³-hybridized carbons (Fsp3) is 0.214. The van der Waals surface area contributed by atoms with Crippen LogP contribution in [0.5, 0.6) is 0 Å². The van der Waals surface area contributed by atoms with E-state index in [0.29, 0.717) is 23.4 Å². The molecule has 1 aromatic heterocycles. The van der Waals surface area contributed by atoms with Gasteiger partial charge in [0.05, 0.1) is 0 Å². The summed E-state index contributed by atoms with van der Waals surface area (Å²) in [4.78, 5) is 6.02. The molecule has 0 aliphatic rings. The smallest absolute Gasteiger partial charge is 0.166 e. The highest BCUT2D eigenvalue weighted by atomic mass is 79.9. The number of nitrogens with two attached hydrogens (primary N) is 1. The molecule has 0 fully saturated rings. The molecule has 1 aromatic carbocycles. The topological polar surface area (TPSA) is 42.1 Å². The highest BCUT2D eigenvalue weighted by Crippen LogP contribution is 2.21. The third-order valence-electron chi connectivity index (χ3n) is 2.82. The minimum absolute atomic E-state index is 0.327. The van der Waals surface area contributed by atoms with Crippen LogP contribution in [-0.4, -0.2) is 11.5 Å². The van der Waals surface area contributed by atoms with E-state index in [1.807, 2.05) is 36.1 Å². The largest absolute Gasteiger partial charge is 0.399 e. The average molecular weight is 324 g/mol. The number of hydrogen-bond acceptors (Lipinski definition) is 3. The van der Waals surface area contributed by atoms with Crippen LogP contribution in [0, 0.1) is 5.82 Å². The van der Waals surface area contributed by atoms with E-state index in [1.165, 1.54) is 6.07 Å². The number of nitrogen functional groups attached to an aromatic ring is 1. The first-order valence-corrected chi connectivity index (χ1v) is 6.80. The Hall–Kier alpha value is -1.62. The van der Waals surface area contributed by atoms with Crippen LogP contribution in [-0.2, 0) is 6.54 Å². The van der Waals surface area contributed by atoms with Gasteiger partial charge in [-0.25, -0.2) is 9.37 Å². The van der Waals surface area contributed by atoms with Crippen molar-refractivity contribution in [2.45, 2.75) is 13.5 Å². The zero-order valence-corrected chi connectivity index (χ0v) is 12.2. The number of halogens is 2. The van der Waals surface area contributed by atoms with Gasteiger partial charge in [-0.1, -0.05) is 12.1 Å². The second-order valence-corrected chi connectivity index (χ2v) is 5.13. The first-order chi connectivity index (χ1) is 9.10. The van der Waals surface area contributed by atoms with Crippen molar-refractivity contribution < 1.29 is 4.39 Å². The molecule has 2 rings (SSSR count). The molecule has 2 N–H and O–H groups in total. The first-order valence-electron chi connectivity index (χ1n) is 6.00. The summed E-state index contributed by atoms with van der Waals surface area (Å²) >= 11 is 3.21. The van der Waals surface area contributed by atoms with Gasteiger partial charge in [0.1, 0.15) is 0 Å². The minimum atomic E-state index is -0.327. The van der Waals surface area contributed by atoms with Gasteiger partial charge in [0.2, 0.25) is 0 Å². The van der Waals surface area contributed by atoms with Crippen molar-refractivity contribution in [1.29, 1.82) is 0 Å². The van der Waals surface area contributed by atoms with Gasteiger partial charge in [0.25, 0.3) is 0 Å². The lowest BCUT2D eigenvalue weighted by Crippen LogP contribution is -2.24. The summed E-state index contributed by atoms with van der Waals surface area (Å²) in [5.74, 6) is 0.0363. The maximum absolute atomic E-state index is 13.9. The Kier molecular flexibility index (Phi) is 4.37. The second kappa shape index (κ2) is 6.02. The molecule has 1 heterocycles. The molecule has 0 aliphatic carbocycles. The van der Waals surface area contributed by atoms with Crippen molar-refractivity contribution in [3.05, 3.63) is 52.4 Å². The van der Waals surface area contributed by atoms with Gasteiger partial charge < -0.3 is 10.6 Å². The van der Waals surface area contributed by atoms with Crippen molar-refractivity contribution >= 4 is 27.4 Å². The van der Waals surface area contributed by atoms with Crippen molar-refractivity contribution in [2.24, 2.45) is 0 Å². The van der Waals surface area contributed by atoms with Gasteiger partial charge in [-0.3, -0.25) is 0 Å². The van der Waals surface area contributed by atoms with Crippen LogP contribution in [0.4, 0.5) is 15.9 Å². The number of pyridine rings is 1. The fourth-order valence-electron chi connectivity index (χ4n) is 1.82. The number of anilines is 2. The van der Waals surface area contributed by atoms with Crippen LogP contribution >= 0.6 is 15.9 Å². The van der Waals surface area contributed by atoms with Crippen LogP contribution in [0.25, 0.3) is 0 Å². The molecule has 5 heteroatoms. The zero-order chi connectivity index (χ0) is 13.8. The van der Waals surface area contributed by atoms with Crippen LogP contribution in [0.1, 0.15) is 12.5 Å². The average Bonchev–Trinajstić information content (AvgIpc) is 2.39. The Balaban J connectivity index is 2.22. The standard InChI is InChI=1S/C14H15BrFN3/c1-2-19(9-10-3-5-12(17)6-4-10)14-13(16)7-11(15)8-18-14/h3-8H,2,9,17H2,1H3. The number of hydrogen-bond donors (Lipinski definition) is 1. The van der Waals surface area contributed by atoms with Gasteiger partial charge in [-0.2, -0.15) is 0 Å². The van der Waals surface area contributed by atoms with Crippen molar-refractivity contribution in [3.63, 3.8) is 0 Å². The Morgan fingerprint density at radius 1 is 1.32 bits per heavy atom. The number of rotatable bonds is 4. The molecule has 0 amide bonds. The summed E-state index contributed by atoms with van der Waals surface area (Å²) in [5, 5.41) is 0. The molecule has 0 saturated carbocycles. The lowest BCUT2D eigenvalue weighted by Gasteiger charge is -2.22. The van der Waals surface area contributed by atoms with Gasteiger partial charge >= 0.3 is 0 Å².